The van der Waals surface area contributed by atoms with E-state index >= 15 is 0 Å². The highest BCUT2D eigenvalue weighted by molar-refractivity contribution is 5.95. The van der Waals surface area contributed by atoms with E-state index in [0.29, 0.717) is 17.1 Å². The van der Waals surface area contributed by atoms with Gasteiger partial charge >= 0.3 is 6.18 Å². The van der Waals surface area contributed by atoms with E-state index in [2.05, 4.69) is 10.6 Å². The van der Waals surface area contributed by atoms with E-state index in [0.717, 1.165) is 24.3 Å². The van der Waals surface area contributed by atoms with Gasteiger partial charge in [0.15, 0.2) is 11.5 Å². The lowest BCUT2D eigenvalue weighted by molar-refractivity contribution is -0.137. The van der Waals surface area contributed by atoms with Crippen molar-refractivity contribution in [3.63, 3.8) is 0 Å². The first-order chi connectivity index (χ1) is 13.3. The molecule has 0 heterocycles. The number of methoxy groups -OCH3 is 2. The van der Waals surface area contributed by atoms with Gasteiger partial charge in [-0.15, -0.1) is 0 Å². The number of hydrogen-bond acceptors (Lipinski definition) is 4. The number of rotatable bonds is 7. The molecule has 28 heavy (non-hydrogen) atoms. The predicted molar refractivity (Wildman–Crippen MR) is 95.7 cm³/mol. The average Bonchev–Trinajstić information content (AvgIpc) is 2.69. The first kappa shape index (κ1) is 21.1. The third-order valence-electron chi connectivity index (χ3n) is 3.82. The maximum atomic E-state index is 12.5. The summed E-state index contributed by atoms with van der Waals surface area (Å²) in [5.74, 6) is -0.00701. The highest BCUT2D eigenvalue weighted by atomic mass is 19.4. The molecule has 2 rings (SSSR count). The van der Waals surface area contributed by atoms with E-state index in [1.165, 1.54) is 20.3 Å². The Balaban J connectivity index is 1.83. The van der Waals surface area contributed by atoms with Crippen LogP contribution in [0.2, 0.25) is 0 Å². The average molecular weight is 396 g/mol. The molecule has 0 spiro atoms. The zero-order valence-corrected chi connectivity index (χ0v) is 15.2. The van der Waals surface area contributed by atoms with E-state index in [1.807, 2.05) is 0 Å². The minimum atomic E-state index is -4.45. The largest absolute Gasteiger partial charge is 0.493 e. The maximum Gasteiger partial charge on any atom is 0.416 e. The molecule has 6 nitrogen and oxygen atoms in total. The molecule has 9 heteroatoms. The van der Waals surface area contributed by atoms with Crippen molar-refractivity contribution in [2.75, 3.05) is 27.3 Å². The summed E-state index contributed by atoms with van der Waals surface area (Å²) in [4.78, 5) is 24.1. The lowest BCUT2D eigenvalue weighted by Gasteiger charge is -2.11. The normalized spacial score (nSPS) is 10.9. The fraction of sp³-hybridized carbons (Fsp3) is 0.263. The molecule has 0 saturated carbocycles. The van der Waals surface area contributed by atoms with E-state index in [4.69, 9.17) is 9.47 Å². The first-order valence-electron chi connectivity index (χ1n) is 8.22. The lowest BCUT2D eigenvalue weighted by atomic mass is 10.1. The van der Waals surface area contributed by atoms with Crippen molar-refractivity contribution in [1.82, 2.24) is 10.6 Å². The van der Waals surface area contributed by atoms with Gasteiger partial charge in [0.25, 0.3) is 11.8 Å². The van der Waals surface area contributed by atoms with Crippen LogP contribution in [0.15, 0.2) is 42.5 Å². The summed E-state index contributed by atoms with van der Waals surface area (Å²) in [7, 11) is 2.94. The Kier molecular flexibility index (Phi) is 6.86. The number of ether oxygens (including phenoxy) is 2. The number of nitrogens with one attached hydrogen (secondary N) is 2. The second kappa shape index (κ2) is 9.12. The molecule has 0 atom stereocenters. The zero-order valence-electron chi connectivity index (χ0n) is 15.2. The topological polar surface area (TPSA) is 76.7 Å². The summed E-state index contributed by atoms with van der Waals surface area (Å²) in [6, 6.07) is 8.56. The Hall–Kier alpha value is -3.23. The molecular weight excluding hydrogens is 377 g/mol. The van der Waals surface area contributed by atoms with E-state index < -0.39 is 17.6 Å². The van der Waals surface area contributed by atoms with E-state index in [1.54, 1.807) is 12.1 Å². The third kappa shape index (κ3) is 5.38. The summed E-state index contributed by atoms with van der Waals surface area (Å²) < 4.78 is 47.8. The van der Waals surface area contributed by atoms with Crippen molar-refractivity contribution in [3.05, 3.63) is 59.2 Å². The van der Waals surface area contributed by atoms with Crippen molar-refractivity contribution in [1.29, 1.82) is 0 Å². The maximum absolute atomic E-state index is 12.5. The van der Waals surface area contributed by atoms with Crippen LogP contribution < -0.4 is 20.1 Å². The van der Waals surface area contributed by atoms with Crippen LogP contribution in [0.4, 0.5) is 13.2 Å². The molecule has 0 aliphatic heterocycles. The standard InChI is InChI=1S/C19H19F3N2O4/c1-27-15-8-5-13(11-16(15)28-2)18(26)24-10-9-23-17(25)12-3-6-14(7-4-12)19(20,21)22/h3-8,11H,9-10H2,1-2H3,(H,23,25)(H,24,26). The number of hydrogen-bond donors (Lipinski definition) is 2. The van der Waals surface area contributed by atoms with E-state index in [-0.39, 0.29) is 24.6 Å². The predicted octanol–water partition coefficient (Wildman–Crippen LogP) is 2.88. The fourth-order valence-corrected chi connectivity index (χ4v) is 2.34. The number of amides is 2. The van der Waals surface area contributed by atoms with Crippen LogP contribution in [0.3, 0.4) is 0 Å². The number of benzene rings is 2. The minimum Gasteiger partial charge on any atom is -0.493 e. The van der Waals surface area contributed by atoms with Gasteiger partial charge in [0.05, 0.1) is 19.8 Å². The van der Waals surface area contributed by atoms with Crippen LogP contribution in [0.5, 0.6) is 11.5 Å². The van der Waals surface area contributed by atoms with Gasteiger partial charge in [-0.05, 0) is 42.5 Å². The molecule has 150 valence electrons. The van der Waals surface area contributed by atoms with Gasteiger partial charge in [-0.2, -0.15) is 13.2 Å². The Morgan fingerprint density at radius 2 is 1.32 bits per heavy atom. The van der Waals surface area contributed by atoms with Crippen molar-refractivity contribution < 1.29 is 32.2 Å². The molecule has 2 aromatic rings. The number of alkyl halides is 3. The van der Waals surface area contributed by atoms with Gasteiger partial charge in [-0.25, -0.2) is 0 Å². The zero-order chi connectivity index (χ0) is 20.7. The Labute approximate surface area is 159 Å². The molecule has 0 bridgehead atoms. The second-order valence-corrected chi connectivity index (χ2v) is 5.66. The highest BCUT2D eigenvalue weighted by Crippen LogP contribution is 2.29. The molecule has 0 radical (unpaired) electrons. The van der Waals surface area contributed by atoms with Gasteiger partial charge in [-0.1, -0.05) is 0 Å². The minimum absolute atomic E-state index is 0.0965. The Morgan fingerprint density at radius 3 is 1.82 bits per heavy atom. The molecule has 0 aliphatic rings. The smallest absolute Gasteiger partial charge is 0.416 e. The summed E-state index contributed by atoms with van der Waals surface area (Å²) in [6.45, 7) is 0.248. The van der Waals surface area contributed by atoms with Crippen molar-refractivity contribution >= 4 is 11.8 Å². The Morgan fingerprint density at radius 1 is 0.821 bits per heavy atom. The molecule has 0 unspecified atom stereocenters. The van der Waals surface area contributed by atoms with Gasteiger partial charge in [0.2, 0.25) is 0 Å². The van der Waals surface area contributed by atoms with Crippen LogP contribution in [0.1, 0.15) is 26.3 Å². The molecule has 2 aromatic carbocycles. The molecule has 2 amide bonds. The lowest BCUT2D eigenvalue weighted by Crippen LogP contribution is -2.34. The van der Waals surface area contributed by atoms with Crippen LogP contribution >= 0.6 is 0 Å². The van der Waals surface area contributed by atoms with Gasteiger partial charge in [-0.3, -0.25) is 9.59 Å². The van der Waals surface area contributed by atoms with Gasteiger partial charge in [0.1, 0.15) is 0 Å². The highest BCUT2D eigenvalue weighted by Gasteiger charge is 2.30. The second-order valence-electron chi connectivity index (χ2n) is 5.66. The van der Waals surface area contributed by atoms with Crippen LogP contribution in [-0.2, 0) is 6.18 Å². The van der Waals surface area contributed by atoms with Crippen molar-refractivity contribution in [2.45, 2.75) is 6.18 Å². The number of carbonyl (C=O) groups is 2. The summed E-state index contributed by atoms with van der Waals surface area (Å²) in [5.41, 5.74) is -0.378. The van der Waals surface area contributed by atoms with Crippen LogP contribution in [-0.4, -0.2) is 39.1 Å². The molecule has 2 N–H and O–H groups in total. The monoisotopic (exact) mass is 396 g/mol. The molecule has 0 aromatic heterocycles. The van der Waals surface area contributed by atoms with Crippen molar-refractivity contribution in [3.8, 4) is 11.5 Å². The van der Waals surface area contributed by atoms with Gasteiger partial charge < -0.3 is 20.1 Å². The quantitative estimate of drug-likeness (QED) is 0.706. The summed E-state index contributed by atoms with van der Waals surface area (Å²) in [6.07, 6.45) is -4.45. The van der Waals surface area contributed by atoms with Crippen LogP contribution in [0.25, 0.3) is 0 Å². The van der Waals surface area contributed by atoms with E-state index in [9.17, 15) is 22.8 Å². The Bertz CT molecular complexity index is 836. The fourth-order valence-electron chi connectivity index (χ4n) is 2.34. The SMILES string of the molecule is COc1ccc(C(=O)NCCNC(=O)c2ccc(C(F)(F)F)cc2)cc1OC. The first-order valence-corrected chi connectivity index (χ1v) is 8.22. The third-order valence-corrected chi connectivity index (χ3v) is 3.82. The van der Waals surface area contributed by atoms with Crippen LogP contribution in [0, 0.1) is 0 Å². The number of halogens is 3. The molecule has 0 fully saturated rings. The summed E-state index contributed by atoms with van der Waals surface area (Å²) >= 11 is 0. The summed E-state index contributed by atoms with van der Waals surface area (Å²) in [5, 5.41) is 5.15. The van der Waals surface area contributed by atoms with Crippen molar-refractivity contribution in [2.24, 2.45) is 0 Å². The molecule has 0 saturated heterocycles. The molecular formula is C19H19F3N2O4. The molecule has 0 aliphatic carbocycles. The number of carbonyl (C=O) groups excluding carboxylic acids is 2. The van der Waals surface area contributed by atoms with Gasteiger partial charge in [0, 0.05) is 24.2 Å².